The number of rotatable bonds is 1. The summed E-state index contributed by atoms with van der Waals surface area (Å²) in [6, 6.07) is 2.97. The van der Waals surface area contributed by atoms with Crippen molar-refractivity contribution in [1.29, 1.82) is 0 Å². The highest BCUT2D eigenvalue weighted by atomic mass is 35.5. The van der Waals surface area contributed by atoms with Gasteiger partial charge in [-0.3, -0.25) is 4.79 Å². The van der Waals surface area contributed by atoms with Crippen molar-refractivity contribution in [2.24, 2.45) is 5.92 Å². The van der Waals surface area contributed by atoms with Crippen LogP contribution in [0.3, 0.4) is 0 Å². The minimum Gasteiger partial charge on any atom is -0.338 e. The maximum absolute atomic E-state index is 12.7. The zero-order valence-corrected chi connectivity index (χ0v) is 11.6. The Morgan fingerprint density at radius 2 is 2.15 bits per heavy atom. The average molecular weight is 307 g/mol. The van der Waals surface area contributed by atoms with Crippen molar-refractivity contribution in [3.8, 4) is 0 Å². The average Bonchev–Trinajstić information content (AvgIpc) is 2.37. The number of aryl methyl sites for hydroxylation is 1. The molecule has 1 aromatic rings. The van der Waals surface area contributed by atoms with Crippen LogP contribution in [-0.4, -0.2) is 35.1 Å². The van der Waals surface area contributed by atoms with E-state index < -0.39 is 18.0 Å². The van der Waals surface area contributed by atoms with Crippen molar-refractivity contribution >= 4 is 17.5 Å². The fourth-order valence-corrected chi connectivity index (χ4v) is 2.55. The van der Waals surface area contributed by atoms with E-state index >= 15 is 0 Å². The summed E-state index contributed by atoms with van der Waals surface area (Å²) in [4.78, 5) is 17.5. The molecule has 0 radical (unpaired) electrons. The number of pyridine rings is 1. The van der Waals surface area contributed by atoms with Gasteiger partial charge in [0.15, 0.2) is 0 Å². The zero-order valence-electron chi connectivity index (χ0n) is 10.9. The molecule has 0 aliphatic carbocycles. The third-order valence-corrected chi connectivity index (χ3v) is 3.66. The molecule has 2 rings (SSSR count). The van der Waals surface area contributed by atoms with Crippen LogP contribution in [0, 0.1) is 12.8 Å². The summed E-state index contributed by atoms with van der Waals surface area (Å²) >= 11 is 5.71. The van der Waals surface area contributed by atoms with Gasteiger partial charge in [0, 0.05) is 13.1 Å². The smallest absolute Gasteiger partial charge is 0.338 e. The van der Waals surface area contributed by atoms with Crippen molar-refractivity contribution in [2.45, 2.75) is 25.9 Å². The Morgan fingerprint density at radius 3 is 2.75 bits per heavy atom. The normalized spacial score (nSPS) is 20.1. The molecule has 1 saturated heterocycles. The number of likely N-dealkylation sites (tertiary alicyclic amines) is 1. The number of alkyl halides is 3. The summed E-state index contributed by atoms with van der Waals surface area (Å²) in [7, 11) is 0. The second-order valence-corrected chi connectivity index (χ2v) is 5.29. The lowest BCUT2D eigenvalue weighted by molar-refractivity contribution is -0.184. The summed E-state index contributed by atoms with van der Waals surface area (Å²) in [5.74, 6) is -1.86. The van der Waals surface area contributed by atoms with Crippen LogP contribution >= 0.6 is 11.6 Å². The van der Waals surface area contributed by atoms with Crippen LogP contribution in [0.1, 0.15) is 28.9 Å². The molecule has 1 fully saturated rings. The molecule has 3 nitrogen and oxygen atoms in total. The second kappa shape index (κ2) is 5.60. The SMILES string of the molecule is Cc1nc(Cl)ccc1C(=O)N1CCCC(C(F)(F)F)C1. The van der Waals surface area contributed by atoms with Gasteiger partial charge in [0.1, 0.15) is 5.15 Å². The zero-order chi connectivity index (χ0) is 14.9. The Kier molecular flexibility index (Phi) is 4.22. The van der Waals surface area contributed by atoms with Gasteiger partial charge in [-0.1, -0.05) is 11.6 Å². The summed E-state index contributed by atoms with van der Waals surface area (Å²) in [5.41, 5.74) is 0.730. The largest absolute Gasteiger partial charge is 0.393 e. The molecule has 110 valence electrons. The van der Waals surface area contributed by atoms with Crippen LogP contribution < -0.4 is 0 Å². The first kappa shape index (κ1) is 15.1. The number of hydrogen-bond donors (Lipinski definition) is 0. The highest BCUT2D eigenvalue weighted by molar-refractivity contribution is 6.29. The van der Waals surface area contributed by atoms with E-state index in [0.717, 1.165) is 0 Å². The fourth-order valence-electron chi connectivity index (χ4n) is 2.36. The van der Waals surface area contributed by atoms with E-state index in [4.69, 9.17) is 11.6 Å². The highest BCUT2D eigenvalue weighted by Crippen LogP contribution is 2.33. The number of hydrogen-bond acceptors (Lipinski definition) is 2. The first-order chi connectivity index (χ1) is 9.29. The van der Waals surface area contributed by atoms with E-state index in [2.05, 4.69) is 4.98 Å². The van der Waals surface area contributed by atoms with Gasteiger partial charge in [-0.05, 0) is 31.9 Å². The number of piperidine rings is 1. The second-order valence-electron chi connectivity index (χ2n) is 4.90. The Morgan fingerprint density at radius 1 is 1.45 bits per heavy atom. The molecule has 1 unspecified atom stereocenters. The topological polar surface area (TPSA) is 33.2 Å². The highest BCUT2D eigenvalue weighted by Gasteiger charge is 2.42. The van der Waals surface area contributed by atoms with Gasteiger partial charge < -0.3 is 4.90 Å². The van der Waals surface area contributed by atoms with Gasteiger partial charge in [-0.2, -0.15) is 13.2 Å². The number of carbonyl (C=O) groups is 1. The first-order valence-electron chi connectivity index (χ1n) is 6.28. The molecular weight excluding hydrogens is 293 g/mol. The predicted octanol–water partition coefficient (Wildman–Crippen LogP) is 3.46. The number of aromatic nitrogens is 1. The lowest BCUT2D eigenvalue weighted by atomic mass is 9.97. The molecule has 1 aliphatic heterocycles. The van der Waals surface area contributed by atoms with E-state index in [9.17, 15) is 18.0 Å². The molecule has 1 amide bonds. The Hall–Kier alpha value is -1.30. The quantitative estimate of drug-likeness (QED) is 0.745. The molecule has 1 atom stereocenters. The molecule has 0 spiro atoms. The standard InChI is InChI=1S/C13H14ClF3N2O/c1-8-10(4-5-11(14)18-8)12(20)19-6-2-3-9(7-19)13(15,16)17/h4-5,9H,2-3,6-7H2,1H3. The van der Waals surface area contributed by atoms with Gasteiger partial charge >= 0.3 is 6.18 Å². The van der Waals surface area contributed by atoms with Gasteiger partial charge in [0.2, 0.25) is 0 Å². The van der Waals surface area contributed by atoms with Crippen molar-refractivity contribution in [2.75, 3.05) is 13.1 Å². The lowest BCUT2D eigenvalue weighted by Gasteiger charge is -2.34. The summed E-state index contributed by atoms with van der Waals surface area (Å²) in [5, 5.41) is 0.255. The maximum Gasteiger partial charge on any atom is 0.393 e. The van der Waals surface area contributed by atoms with Crippen molar-refractivity contribution in [1.82, 2.24) is 9.88 Å². The number of carbonyl (C=O) groups excluding carboxylic acids is 1. The van der Waals surface area contributed by atoms with Crippen LogP contribution in [0.15, 0.2) is 12.1 Å². The molecular formula is C13H14ClF3N2O. The molecule has 0 saturated carbocycles. The molecule has 0 aromatic carbocycles. The van der Waals surface area contributed by atoms with E-state index in [-0.39, 0.29) is 18.1 Å². The number of nitrogens with zero attached hydrogens (tertiary/aromatic N) is 2. The predicted molar refractivity (Wildman–Crippen MR) is 68.7 cm³/mol. The molecule has 1 aromatic heterocycles. The molecule has 2 heterocycles. The third kappa shape index (κ3) is 3.23. The van der Waals surface area contributed by atoms with Gasteiger partial charge in [0.05, 0.1) is 17.2 Å². The molecule has 0 N–H and O–H groups in total. The summed E-state index contributed by atoms with van der Waals surface area (Å²) < 4.78 is 38.2. The van der Waals surface area contributed by atoms with E-state index in [0.29, 0.717) is 24.2 Å². The number of amides is 1. The monoisotopic (exact) mass is 306 g/mol. The van der Waals surface area contributed by atoms with Crippen molar-refractivity contribution < 1.29 is 18.0 Å². The van der Waals surface area contributed by atoms with Gasteiger partial charge in [-0.15, -0.1) is 0 Å². The van der Waals surface area contributed by atoms with E-state index in [1.807, 2.05) is 0 Å². The van der Waals surface area contributed by atoms with Gasteiger partial charge in [0.25, 0.3) is 5.91 Å². The molecule has 7 heteroatoms. The Bertz CT molecular complexity index is 519. The summed E-state index contributed by atoms with van der Waals surface area (Å²) in [6.45, 7) is 1.67. The Labute approximate surface area is 119 Å². The minimum absolute atomic E-state index is 0.0745. The van der Waals surface area contributed by atoms with Crippen LogP contribution in [0.2, 0.25) is 5.15 Å². The van der Waals surface area contributed by atoms with E-state index in [1.165, 1.54) is 17.0 Å². The fraction of sp³-hybridized carbons (Fsp3) is 0.538. The van der Waals surface area contributed by atoms with E-state index in [1.54, 1.807) is 6.92 Å². The maximum atomic E-state index is 12.7. The van der Waals surface area contributed by atoms with Crippen LogP contribution in [-0.2, 0) is 0 Å². The third-order valence-electron chi connectivity index (χ3n) is 3.45. The summed E-state index contributed by atoms with van der Waals surface area (Å²) in [6.07, 6.45) is -3.83. The molecule has 20 heavy (non-hydrogen) atoms. The van der Waals surface area contributed by atoms with Crippen LogP contribution in [0.25, 0.3) is 0 Å². The first-order valence-corrected chi connectivity index (χ1v) is 6.66. The molecule has 0 bridgehead atoms. The Balaban J connectivity index is 2.16. The van der Waals surface area contributed by atoms with Crippen molar-refractivity contribution in [3.63, 3.8) is 0 Å². The van der Waals surface area contributed by atoms with Gasteiger partial charge in [-0.25, -0.2) is 4.98 Å². The number of halogens is 4. The van der Waals surface area contributed by atoms with Crippen LogP contribution in [0.5, 0.6) is 0 Å². The lowest BCUT2D eigenvalue weighted by Crippen LogP contribution is -2.44. The minimum atomic E-state index is -4.26. The molecule has 1 aliphatic rings. The van der Waals surface area contributed by atoms with Crippen LogP contribution in [0.4, 0.5) is 13.2 Å². The van der Waals surface area contributed by atoms with Crippen molar-refractivity contribution in [3.05, 3.63) is 28.5 Å².